The van der Waals surface area contributed by atoms with Crippen LogP contribution in [0, 0.1) is 0 Å². The van der Waals surface area contributed by atoms with E-state index in [1.165, 1.54) is 86.2 Å². The second kappa shape index (κ2) is 32.2. The number of hydrogen-bond acceptors (Lipinski definition) is 8. The Labute approximate surface area is 695 Å². The molecule has 8 heteroatoms. The molecule has 120 heavy (non-hydrogen) atoms. The number of benzene rings is 20. The van der Waals surface area contributed by atoms with Gasteiger partial charge in [0.1, 0.15) is 98.9 Å². The minimum Gasteiger partial charge on any atom is -0.488 e. The number of rotatable bonds is 0. The SMILES string of the molecule is c1cc2cc(c1)COc1ccc3ccccc3c1-c1c(ccc3ccccc13)OC2.c1cc2cc(c1)COc1ccc3ccccc3c1-c1c(ccc3ccccc13)OC2.c1cc2cc(c1)COc1ccc3ccccc3c1-c1c(ccc3ccccc13)OC2.c1cc2cc(c1)COc1ccc3ccccc3c1-c1c(ccc3ccccc13)OC2. The van der Waals surface area contributed by atoms with Crippen molar-refractivity contribution in [2.24, 2.45) is 0 Å². The molecule has 4 heterocycles. The van der Waals surface area contributed by atoms with Crippen molar-refractivity contribution in [3.8, 4) is 90.5 Å². The van der Waals surface area contributed by atoms with Gasteiger partial charge in [0.25, 0.3) is 0 Å². The maximum atomic E-state index is 6.42. The van der Waals surface area contributed by atoms with Crippen molar-refractivity contribution in [1.82, 2.24) is 0 Å². The molecule has 0 aromatic heterocycles. The Hall–Kier alpha value is -15.1. The van der Waals surface area contributed by atoms with Gasteiger partial charge in [0.05, 0.1) is 0 Å². The maximum Gasteiger partial charge on any atom is 0.128 e. The summed E-state index contributed by atoms with van der Waals surface area (Å²) < 4.78 is 51.3. The van der Waals surface area contributed by atoms with E-state index in [0.29, 0.717) is 52.9 Å². The van der Waals surface area contributed by atoms with Gasteiger partial charge < -0.3 is 37.9 Å². The Morgan fingerprint density at radius 3 is 0.375 bits per heavy atom. The fourth-order valence-corrected chi connectivity index (χ4v) is 17.6. The highest BCUT2D eigenvalue weighted by atomic mass is 16.5. The smallest absolute Gasteiger partial charge is 0.128 e. The molecule has 4 aliphatic heterocycles. The van der Waals surface area contributed by atoms with E-state index in [4.69, 9.17) is 37.9 Å². The third kappa shape index (κ3) is 14.3. The Bertz CT molecular complexity index is 6060. The Kier molecular flexibility index (Phi) is 19.5. The molecular weight excluding hydrogens is 1470 g/mol. The van der Waals surface area contributed by atoms with Gasteiger partial charge >= 0.3 is 0 Å². The predicted octanol–water partition coefficient (Wildman–Crippen LogP) is 28.5. The van der Waals surface area contributed by atoms with E-state index in [-0.39, 0.29) is 0 Å². The average Bonchev–Trinajstić information content (AvgIpc) is 1.02. The van der Waals surface area contributed by atoms with Gasteiger partial charge in [-0.15, -0.1) is 0 Å². The van der Waals surface area contributed by atoms with Gasteiger partial charge in [-0.25, -0.2) is 0 Å². The lowest BCUT2D eigenvalue weighted by Gasteiger charge is -2.19. The molecule has 0 saturated heterocycles. The predicted molar refractivity (Wildman–Crippen MR) is 488 cm³/mol. The number of hydrogen-bond donors (Lipinski definition) is 0. The van der Waals surface area contributed by atoms with Gasteiger partial charge in [-0.1, -0.05) is 315 Å². The van der Waals surface area contributed by atoms with Crippen LogP contribution in [0.5, 0.6) is 46.0 Å². The second-order valence-electron chi connectivity index (χ2n) is 30.9. The summed E-state index contributed by atoms with van der Waals surface area (Å²) in [4.78, 5) is 0. The molecule has 20 aromatic rings. The molecule has 0 atom stereocenters. The van der Waals surface area contributed by atoms with Crippen LogP contribution in [-0.2, 0) is 52.9 Å². The summed E-state index contributed by atoms with van der Waals surface area (Å²) in [6, 6.07) is 135. The molecule has 4 aliphatic rings. The van der Waals surface area contributed by atoms with Crippen LogP contribution in [0.3, 0.4) is 0 Å². The number of fused-ring (bicyclic) bond motifs is 36. The molecule has 0 aliphatic carbocycles. The normalized spacial score (nSPS) is 12.9. The molecule has 576 valence electrons. The van der Waals surface area contributed by atoms with Crippen LogP contribution in [0.4, 0.5) is 0 Å². The first-order valence-corrected chi connectivity index (χ1v) is 41.0. The van der Waals surface area contributed by atoms with Crippen LogP contribution in [0.2, 0.25) is 0 Å². The van der Waals surface area contributed by atoms with Gasteiger partial charge in [0.15, 0.2) is 0 Å². The van der Waals surface area contributed by atoms with Crippen molar-refractivity contribution in [2.45, 2.75) is 52.9 Å². The van der Waals surface area contributed by atoms with Crippen LogP contribution in [0.1, 0.15) is 44.5 Å². The van der Waals surface area contributed by atoms with E-state index in [9.17, 15) is 0 Å². The average molecular weight is 1550 g/mol. The molecule has 0 unspecified atom stereocenters. The van der Waals surface area contributed by atoms with Crippen molar-refractivity contribution in [3.63, 3.8) is 0 Å². The summed E-state index contributed by atoms with van der Waals surface area (Å²) >= 11 is 0. The van der Waals surface area contributed by atoms with Crippen molar-refractivity contribution in [1.29, 1.82) is 0 Å². The molecule has 8 nitrogen and oxygen atoms in total. The van der Waals surface area contributed by atoms with Crippen LogP contribution in [-0.4, -0.2) is 0 Å². The van der Waals surface area contributed by atoms with Crippen molar-refractivity contribution in [3.05, 3.63) is 433 Å². The first-order valence-electron chi connectivity index (χ1n) is 41.0. The van der Waals surface area contributed by atoms with Gasteiger partial charge in [-0.3, -0.25) is 0 Å². The van der Waals surface area contributed by atoms with Crippen molar-refractivity contribution < 1.29 is 37.9 Å². The molecule has 0 amide bonds. The fraction of sp³-hybridized carbons (Fsp3) is 0.0714. The molecule has 0 radical (unpaired) electrons. The maximum absolute atomic E-state index is 6.42. The lowest BCUT2D eigenvalue weighted by atomic mass is 9.92. The monoisotopic (exact) mass is 1550 g/mol. The van der Waals surface area contributed by atoms with E-state index >= 15 is 0 Å². The minimum absolute atomic E-state index is 0.527. The molecule has 24 rings (SSSR count). The topological polar surface area (TPSA) is 73.8 Å². The third-order valence-electron chi connectivity index (χ3n) is 23.2. The zero-order chi connectivity index (χ0) is 79.7. The summed E-state index contributed by atoms with van der Waals surface area (Å²) in [6.45, 7) is 4.22. The first kappa shape index (κ1) is 72.6. The highest BCUT2D eigenvalue weighted by molar-refractivity contribution is 6.14. The lowest BCUT2D eigenvalue weighted by Crippen LogP contribution is -1.98. The fourth-order valence-electron chi connectivity index (χ4n) is 17.6. The van der Waals surface area contributed by atoms with E-state index < -0.39 is 0 Å². The van der Waals surface area contributed by atoms with Gasteiger partial charge in [0.2, 0.25) is 0 Å². The highest BCUT2D eigenvalue weighted by Gasteiger charge is 2.26. The standard InChI is InChI=1S/4C28H20O2/c4*1-3-10-23-21(8-1)12-14-25-27(23)28-24-11-4-2-9-22(24)13-15-26(28)30-18-20-7-5-6-19(16-20)17-29-25/h4*1-16H,17-18H2. The van der Waals surface area contributed by atoms with Crippen LogP contribution in [0.25, 0.3) is 131 Å². The largest absolute Gasteiger partial charge is 0.488 e. The van der Waals surface area contributed by atoms with Gasteiger partial charge in [0, 0.05) is 44.5 Å². The molecular formula is C112H80O8. The van der Waals surface area contributed by atoms with E-state index in [1.54, 1.807) is 0 Å². The Morgan fingerprint density at radius 2 is 0.242 bits per heavy atom. The van der Waals surface area contributed by atoms with Crippen molar-refractivity contribution in [2.75, 3.05) is 0 Å². The molecule has 8 bridgehead atoms. The highest BCUT2D eigenvalue weighted by Crippen LogP contribution is 2.52. The zero-order valence-electron chi connectivity index (χ0n) is 65.9. The third-order valence-corrected chi connectivity index (χ3v) is 23.2. The molecule has 0 spiro atoms. The zero-order valence-corrected chi connectivity index (χ0v) is 65.9. The van der Waals surface area contributed by atoms with E-state index in [0.717, 1.165) is 135 Å². The minimum atomic E-state index is 0.527. The quantitative estimate of drug-likeness (QED) is 0.149. The molecule has 0 saturated carbocycles. The summed E-state index contributed by atoms with van der Waals surface area (Å²) in [6.07, 6.45) is 0. The summed E-state index contributed by atoms with van der Waals surface area (Å²) in [7, 11) is 0. The first-order chi connectivity index (χ1) is 59.5. The van der Waals surface area contributed by atoms with Crippen molar-refractivity contribution >= 4 is 86.2 Å². The summed E-state index contributed by atoms with van der Waals surface area (Å²) in [5.41, 5.74) is 17.9. The summed E-state index contributed by atoms with van der Waals surface area (Å²) in [5, 5.41) is 18.9. The Morgan fingerprint density at radius 1 is 0.117 bits per heavy atom. The van der Waals surface area contributed by atoms with Crippen LogP contribution < -0.4 is 37.9 Å². The van der Waals surface area contributed by atoms with Crippen LogP contribution >= 0.6 is 0 Å². The Balaban J connectivity index is 0.0000000990. The second-order valence-corrected chi connectivity index (χ2v) is 30.9. The van der Waals surface area contributed by atoms with E-state index in [1.807, 2.05) is 0 Å². The molecule has 0 N–H and O–H groups in total. The lowest BCUT2D eigenvalue weighted by molar-refractivity contribution is 0.306. The molecule has 0 fully saturated rings. The van der Waals surface area contributed by atoms with Crippen LogP contribution in [0.15, 0.2) is 388 Å². The number of ether oxygens (including phenoxy) is 8. The molecule has 20 aromatic carbocycles. The summed E-state index contributed by atoms with van der Waals surface area (Å²) in [5.74, 6) is 7.02. The van der Waals surface area contributed by atoms with E-state index in [2.05, 4.69) is 388 Å². The van der Waals surface area contributed by atoms with Gasteiger partial charge in [-0.05, 0) is 203 Å². The van der Waals surface area contributed by atoms with Gasteiger partial charge in [-0.2, -0.15) is 0 Å².